The molecule has 0 saturated carbocycles. The van der Waals surface area contributed by atoms with Crippen molar-refractivity contribution < 1.29 is 0 Å². The van der Waals surface area contributed by atoms with Crippen LogP contribution in [0.2, 0.25) is 0 Å². The highest BCUT2D eigenvalue weighted by Crippen LogP contribution is 2.23. The van der Waals surface area contributed by atoms with Gasteiger partial charge in [-0.2, -0.15) is 0 Å². The van der Waals surface area contributed by atoms with Gasteiger partial charge in [0.1, 0.15) is 0 Å². The molecule has 122 valence electrons. The standard InChI is InChI=1S/C22H18N2O/c1-15-19-9-5-6-10-20(19)21(22(25)24-15)12-16-11-18(14-23-13-16)17-7-3-2-4-8-17/h2-11,13-14H,12H2,1H3,(H,24,25). The van der Waals surface area contributed by atoms with Crippen LogP contribution in [0.1, 0.15) is 16.8 Å². The van der Waals surface area contributed by atoms with Crippen LogP contribution in [0.3, 0.4) is 0 Å². The molecule has 0 aliphatic carbocycles. The lowest BCUT2D eigenvalue weighted by Gasteiger charge is -2.09. The van der Waals surface area contributed by atoms with Gasteiger partial charge in [-0.25, -0.2) is 0 Å². The van der Waals surface area contributed by atoms with E-state index >= 15 is 0 Å². The van der Waals surface area contributed by atoms with Crippen LogP contribution >= 0.6 is 0 Å². The van der Waals surface area contributed by atoms with Crippen LogP contribution in [0, 0.1) is 6.92 Å². The minimum absolute atomic E-state index is 0.0266. The summed E-state index contributed by atoms with van der Waals surface area (Å²) in [6.45, 7) is 1.94. The SMILES string of the molecule is Cc1[nH]c(=O)c(Cc2cncc(-c3ccccc3)c2)c2ccccc12. The van der Waals surface area contributed by atoms with E-state index in [1.54, 1.807) is 0 Å². The van der Waals surface area contributed by atoms with E-state index < -0.39 is 0 Å². The Balaban J connectivity index is 1.79. The van der Waals surface area contributed by atoms with Crippen LogP contribution in [0.25, 0.3) is 21.9 Å². The molecule has 0 unspecified atom stereocenters. The Morgan fingerprint density at radius 3 is 2.40 bits per heavy atom. The van der Waals surface area contributed by atoms with Gasteiger partial charge >= 0.3 is 0 Å². The first-order chi connectivity index (χ1) is 12.2. The Hall–Kier alpha value is -3.20. The van der Waals surface area contributed by atoms with Crippen molar-refractivity contribution in [1.82, 2.24) is 9.97 Å². The summed E-state index contributed by atoms with van der Waals surface area (Å²) in [5, 5.41) is 2.10. The van der Waals surface area contributed by atoms with E-state index in [-0.39, 0.29) is 5.56 Å². The van der Waals surface area contributed by atoms with Gasteiger partial charge in [0.15, 0.2) is 0 Å². The van der Waals surface area contributed by atoms with Crippen LogP contribution in [-0.4, -0.2) is 9.97 Å². The van der Waals surface area contributed by atoms with E-state index in [2.05, 4.69) is 28.2 Å². The van der Waals surface area contributed by atoms with Crippen molar-refractivity contribution in [2.75, 3.05) is 0 Å². The summed E-state index contributed by atoms with van der Waals surface area (Å²) in [6, 6.07) is 20.3. The molecule has 0 saturated heterocycles. The number of aromatic amines is 1. The minimum Gasteiger partial charge on any atom is -0.326 e. The lowest BCUT2D eigenvalue weighted by Crippen LogP contribution is -2.15. The van der Waals surface area contributed by atoms with E-state index in [4.69, 9.17) is 0 Å². The van der Waals surface area contributed by atoms with Gasteiger partial charge in [-0.1, -0.05) is 54.6 Å². The lowest BCUT2D eigenvalue weighted by atomic mass is 9.98. The van der Waals surface area contributed by atoms with E-state index in [0.29, 0.717) is 6.42 Å². The number of hydrogen-bond acceptors (Lipinski definition) is 2. The number of hydrogen-bond donors (Lipinski definition) is 1. The zero-order chi connectivity index (χ0) is 17.2. The molecule has 0 aliphatic rings. The summed E-state index contributed by atoms with van der Waals surface area (Å²) >= 11 is 0. The van der Waals surface area contributed by atoms with Gasteiger partial charge < -0.3 is 4.98 Å². The maximum Gasteiger partial charge on any atom is 0.252 e. The van der Waals surface area contributed by atoms with Crippen LogP contribution in [0.4, 0.5) is 0 Å². The Morgan fingerprint density at radius 1 is 0.880 bits per heavy atom. The summed E-state index contributed by atoms with van der Waals surface area (Å²) < 4.78 is 0. The number of fused-ring (bicyclic) bond motifs is 1. The first kappa shape index (κ1) is 15.3. The van der Waals surface area contributed by atoms with Crippen molar-refractivity contribution in [3.8, 4) is 11.1 Å². The molecule has 0 amide bonds. The fourth-order valence-corrected chi connectivity index (χ4v) is 3.26. The second-order valence-corrected chi connectivity index (χ2v) is 6.23. The van der Waals surface area contributed by atoms with Crippen molar-refractivity contribution in [3.05, 3.63) is 100 Å². The minimum atomic E-state index is -0.0266. The van der Waals surface area contributed by atoms with E-state index in [0.717, 1.165) is 38.7 Å². The predicted octanol–water partition coefficient (Wildman–Crippen LogP) is 4.49. The topological polar surface area (TPSA) is 45.8 Å². The van der Waals surface area contributed by atoms with Gasteiger partial charge in [-0.05, 0) is 29.5 Å². The number of aryl methyl sites for hydroxylation is 1. The van der Waals surface area contributed by atoms with Crippen LogP contribution in [-0.2, 0) is 6.42 Å². The maximum absolute atomic E-state index is 12.5. The van der Waals surface area contributed by atoms with Gasteiger partial charge in [0.05, 0.1) is 0 Å². The van der Waals surface area contributed by atoms with Crippen molar-refractivity contribution >= 4 is 10.8 Å². The van der Waals surface area contributed by atoms with Crippen molar-refractivity contribution in [1.29, 1.82) is 0 Å². The van der Waals surface area contributed by atoms with Gasteiger partial charge in [0, 0.05) is 41.0 Å². The summed E-state index contributed by atoms with van der Waals surface area (Å²) in [5.41, 5.74) is 4.88. The smallest absolute Gasteiger partial charge is 0.252 e. The number of H-pyrrole nitrogens is 1. The average Bonchev–Trinajstić information content (AvgIpc) is 2.66. The highest BCUT2D eigenvalue weighted by Gasteiger charge is 2.10. The van der Waals surface area contributed by atoms with Crippen molar-refractivity contribution in [2.24, 2.45) is 0 Å². The molecule has 0 radical (unpaired) electrons. The van der Waals surface area contributed by atoms with Crippen LogP contribution in [0.15, 0.2) is 77.9 Å². The second kappa shape index (κ2) is 6.36. The second-order valence-electron chi connectivity index (χ2n) is 6.23. The summed E-state index contributed by atoms with van der Waals surface area (Å²) in [4.78, 5) is 19.9. The molecule has 3 heteroatoms. The van der Waals surface area contributed by atoms with Crippen LogP contribution in [0.5, 0.6) is 0 Å². The normalized spacial score (nSPS) is 10.9. The number of pyridine rings is 2. The zero-order valence-corrected chi connectivity index (χ0v) is 14.0. The average molecular weight is 326 g/mol. The molecule has 0 fully saturated rings. The Bertz CT molecular complexity index is 1100. The number of nitrogens with one attached hydrogen (secondary N) is 1. The lowest BCUT2D eigenvalue weighted by molar-refractivity contribution is 1.07. The Morgan fingerprint density at radius 2 is 1.60 bits per heavy atom. The molecule has 2 aromatic carbocycles. The number of rotatable bonds is 3. The van der Waals surface area contributed by atoms with Crippen LogP contribution < -0.4 is 5.56 Å². The highest BCUT2D eigenvalue weighted by atomic mass is 16.1. The fraction of sp³-hybridized carbons (Fsp3) is 0.0909. The molecule has 1 N–H and O–H groups in total. The Kier molecular flexibility index (Phi) is 3.90. The Labute approximate surface area is 146 Å². The first-order valence-corrected chi connectivity index (χ1v) is 8.32. The largest absolute Gasteiger partial charge is 0.326 e. The molecule has 0 spiro atoms. The van der Waals surface area contributed by atoms with Gasteiger partial charge in [-0.3, -0.25) is 9.78 Å². The maximum atomic E-state index is 12.5. The van der Waals surface area contributed by atoms with Crippen molar-refractivity contribution in [2.45, 2.75) is 13.3 Å². The third-order valence-corrected chi connectivity index (χ3v) is 4.51. The predicted molar refractivity (Wildman–Crippen MR) is 102 cm³/mol. The molecule has 0 atom stereocenters. The monoisotopic (exact) mass is 326 g/mol. The molecule has 4 rings (SSSR count). The van der Waals surface area contributed by atoms with E-state index in [9.17, 15) is 4.79 Å². The van der Waals surface area contributed by atoms with Crippen molar-refractivity contribution in [3.63, 3.8) is 0 Å². The quantitative estimate of drug-likeness (QED) is 0.603. The van der Waals surface area contributed by atoms with E-state index in [1.807, 2.05) is 61.8 Å². The van der Waals surface area contributed by atoms with E-state index in [1.165, 1.54) is 0 Å². The molecule has 0 aliphatic heterocycles. The molecule has 2 aromatic heterocycles. The van der Waals surface area contributed by atoms with Gasteiger partial charge in [0.25, 0.3) is 5.56 Å². The third kappa shape index (κ3) is 2.96. The first-order valence-electron chi connectivity index (χ1n) is 8.32. The molecule has 0 bridgehead atoms. The number of aromatic nitrogens is 2. The molecule has 4 aromatic rings. The molecule has 25 heavy (non-hydrogen) atoms. The third-order valence-electron chi connectivity index (χ3n) is 4.51. The number of benzene rings is 2. The number of nitrogens with zero attached hydrogens (tertiary/aromatic N) is 1. The molecule has 2 heterocycles. The van der Waals surface area contributed by atoms with Gasteiger partial charge in [-0.15, -0.1) is 0 Å². The fourth-order valence-electron chi connectivity index (χ4n) is 3.26. The summed E-state index contributed by atoms with van der Waals surface area (Å²) in [7, 11) is 0. The summed E-state index contributed by atoms with van der Waals surface area (Å²) in [5.74, 6) is 0. The summed E-state index contributed by atoms with van der Waals surface area (Å²) in [6.07, 6.45) is 4.25. The van der Waals surface area contributed by atoms with Gasteiger partial charge in [0.2, 0.25) is 0 Å². The molecular formula is C22H18N2O. The molecule has 3 nitrogen and oxygen atoms in total. The zero-order valence-electron chi connectivity index (χ0n) is 14.0. The molecular weight excluding hydrogens is 308 g/mol. The highest BCUT2D eigenvalue weighted by molar-refractivity contribution is 5.87.